The molecular weight excluding hydrogens is 148 g/mol. The van der Waals surface area contributed by atoms with Gasteiger partial charge in [0.15, 0.2) is 0 Å². The summed E-state index contributed by atoms with van der Waals surface area (Å²) >= 11 is 0. The second kappa shape index (κ2) is 6.24. The predicted molar refractivity (Wildman–Crippen MR) is 56.2 cm³/mol. The zero-order valence-electron chi connectivity index (χ0n) is 7.93. The van der Waals surface area contributed by atoms with Crippen LogP contribution in [0.3, 0.4) is 0 Å². The van der Waals surface area contributed by atoms with Crippen molar-refractivity contribution in [3.63, 3.8) is 0 Å². The number of rotatable bonds is 5. The number of allylic oxidation sites excluding steroid dienone is 1. The van der Waals surface area contributed by atoms with E-state index in [-0.39, 0.29) is 7.43 Å². The number of hydrogen-bond acceptors (Lipinski definition) is 1. The Morgan fingerprint density at radius 1 is 1.50 bits per heavy atom. The second-order valence-corrected chi connectivity index (χ2v) is 3.92. The lowest BCUT2D eigenvalue weighted by Gasteiger charge is -2.17. The Balaban J connectivity index is 0. The van der Waals surface area contributed by atoms with Gasteiger partial charge in [0.25, 0.3) is 0 Å². The van der Waals surface area contributed by atoms with Crippen LogP contribution < -0.4 is 0 Å². The minimum atomic E-state index is -0.499. The van der Waals surface area contributed by atoms with Crippen LogP contribution in [-0.2, 0) is 0 Å². The summed E-state index contributed by atoms with van der Waals surface area (Å²) in [6.07, 6.45) is 5.06. The Labute approximate surface area is 77.5 Å². The molecule has 0 spiro atoms. The van der Waals surface area contributed by atoms with E-state index in [2.05, 4.69) is 13.5 Å². The quantitative estimate of drug-likeness (QED) is 0.630. The molecule has 0 fully saturated rings. The van der Waals surface area contributed by atoms with Crippen LogP contribution in [0.2, 0.25) is 0 Å². The lowest BCUT2D eigenvalue weighted by atomic mass is 9.97. The Morgan fingerprint density at radius 3 is 2.33 bits per heavy atom. The van der Waals surface area contributed by atoms with Crippen molar-refractivity contribution < 1.29 is 5.11 Å². The smallest absolute Gasteiger partial charge is 0.0591 e. The summed E-state index contributed by atoms with van der Waals surface area (Å²) in [6, 6.07) is 0. The molecule has 1 nitrogen and oxygen atoms in total. The van der Waals surface area contributed by atoms with Crippen LogP contribution in [0.1, 0.15) is 47.5 Å². The molecule has 0 aliphatic carbocycles. The second-order valence-electron chi connectivity index (χ2n) is 3.92. The molecule has 0 aromatic heterocycles. The first-order chi connectivity index (χ1) is 4.95. The molecule has 0 rings (SSSR count). The van der Waals surface area contributed by atoms with Gasteiger partial charge in [0, 0.05) is 0 Å². The van der Waals surface area contributed by atoms with Gasteiger partial charge in [-0.1, -0.05) is 26.8 Å². The van der Waals surface area contributed by atoms with Gasteiger partial charge in [-0.2, -0.15) is 0 Å². The Morgan fingerprint density at radius 2 is 2.00 bits per heavy atom. The summed E-state index contributed by atoms with van der Waals surface area (Å²) in [5.74, 6) is 0.581. The average Bonchev–Trinajstić information content (AvgIpc) is 1.85. The standard InChI is InChI=1S/C10H20O.CH4/c1-5-9(2)7-6-8-10(3,4)11;/h5,9,11H,1,6-8H2,2-4H3;1H4. The van der Waals surface area contributed by atoms with Crippen LogP contribution in [0.25, 0.3) is 0 Å². The fourth-order valence-electron chi connectivity index (χ4n) is 0.974. The Bertz CT molecular complexity index is 111. The molecule has 0 heterocycles. The van der Waals surface area contributed by atoms with E-state index in [9.17, 15) is 5.11 Å². The fraction of sp³-hybridized carbons (Fsp3) is 0.818. The van der Waals surface area contributed by atoms with E-state index in [0.717, 1.165) is 19.3 Å². The van der Waals surface area contributed by atoms with Crippen molar-refractivity contribution in [1.29, 1.82) is 0 Å². The molecule has 0 aliphatic rings. The van der Waals surface area contributed by atoms with E-state index in [1.54, 1.807) is 0 Å². The summed E-state index contributed by atoms with van der Waals surface area (Å²) in [5, 5.41) is 9.38. The molecule has 0 saturated carbocycles. The monoisotopic (exact) mass is 172 g/mol. The van der Waals surface area contributed by atoms with Crippen molar-refractivity contribution in [2.45, 2.75) is 53.1 Å². The van der Waals surface area contributed by atoms with Gasteiger partial charge in [-0.3, -0.25) is 0 Å². The first-order valence-electron chi connectivity index (χ1n) is 4.30. The Hall–Kier alpha value is -0.300. The van der Waals surface area contributed by atoms with Crippen molar-refractivity contribution in [2.75, 3.05) is 0 Å². The summed E-state index contributed by atoms with van der Waals surface area (Å²) in [4.78, 5) is 0. The highest BCUT2D eigenvalue weighted by molar-refractivity contribution is 4.75. The van der Waals surface area contributed by atoms with Gasteiger partial charge in [-0.15, -0.1) is 6.58 Å². The highest BCUT2D eigenvalue weighted by Crippen LogP contribution is 2.15. The highest BCUT2D eigenvalue weighted by atomic mass is 16.3. The molecule has 12 heavy (non-hydrogen) atoms. The molecule has 0 saturated heterocycles. The van der Waals surface area contributed by atoms with Crippen LogP contribution in [0.15, 0.2) is 12.7 Å². The van der Waals surface area contributed by atoms with E-state index < -0.39 is 5.60 Å². The molecule has 0 aromatic rings. The summed E-state index contributed by atoms with van der Waals surface area (Å²) in [5.41, 5.74) is -0.499. The molecule has 0 aromatic carbocycles. The van der Waals surface area contributed by atoms with Gasteiger partial charge in [0.05, 0.1) is 5.60 Å². The summed E-state index contributed by atoms with van der Waals surface area (Å²) < 4.78 is 0. The van der Waals surface area contributed by atoms with E-state index in [1.165, 1.54) is 0 Å². The molecule has 0 bridgehead atoms. The molecule has 74 valence electrons. The molecule has 1 heteroatoms. The van der Waals surface area contributed by atoms with Crippen LogP contribution in [0, 0.1) is 5.92 Å². The molecule has 1 unspecified atom stereocenters. The maximum atomic E-state index is 9.38. The van der Waals surface area contributed by atoms with Gasteiger partial charge in [0.2, 0.25) is 0 Å². The molecule has 1 atom stereocenters. The van der Waals surface area contributed by atoms with E-state index >= 15 is 0 Å². The summed E-state index contributed by atoms with van der Waals surface area (Å²) in [7, 11) is 0. The molecule has 0 radical (unpaired) electrons. The largest absolute Gasteiger partial charge is 0.390 e. The first kappa shape index (κ1) is 14.2. The normalized spacial score (nSPS) is 13.3. The van der Waals surface area contributed by atoms with Crippen LogP contribution in [0.5, 0.6) is 0 Å². The third-order valence-corrected chi connectivity index (χ3v) is 1.85. The number of aliphatic hydroxyl groups is 1. The third-order valence-electron chi connectivity index (χ3n) is 1.85. The molecule has 0 amide bonds. The van der Waals surface area contributed by atoms with Crippen molar-refractivity contribution in [1.82, 2.24) is 0 Å². The third kappa shape index (κ3) is 9.70. The summed E-state index contributed by atoms with van der Waals surface area (Å²) in [6.45, 7) is 9.57. The topological polar surface area (TPSA) is 20.2 Å². The van der Waals surface area contributed by atoms with Crippen LogP contribution >= 0.6 is 0 Å². The SMILES string of the molecule is C.C=CC(C)CCCC(C)(C)O. The lowest BCUT2D eigenvalue weighted by molar-refractivity contribution is 0.0675. The van der Waals surface area contributed by atoms with Crippen molar-refractivity contribution >= 4 is 0 Å². The zero-order chi connectivity index (χ0) is 8.91. The maximum absolute atomic E-state index is 9.38. The minimum Gasteiger partial charge on any atom is -0.390 e. The average molecular weight is 172 g/mol. The van der Waals surface area contributed by atoms with Crippen LogP contribution in [0.4, 0.5) is 0 Å². The van der Waals surface area contributed by atoms with Gasteiger partial charge in [-0.05, 0) is 32.6 Å². The molecule has 0 aliphatic heterocycles. The zero-order valence-corrected chi connectivity index (χ0v) is 7.93. The van der Waals surface area contributed by atoms with E-state index in [1.807, 2.05) is 19.9 Å². The van der Waals surface area contributed by atoms with Crippen molar-refractivity contribution in [2.24, 2.45) is 5.92 Å². The number of hydrogen-bond donors (Lipinski definition) is 1. The van der Waals surface area contributed by atoms with Gasteiger partial charge >= 0.3 is 0 Å². The highest BCUT2D eigenvalue weighted by Gasteiger charge is 2.11. The predicted octanol–water partition coefficient (Wildman–Crippen LogP) is 3.39. The minimum absolute atomic E-state index is 0. The maximum Gasteiger partial charge on any atom is 0.0591 e. The van der Waals surface area contributed by atoms with Gasteiger partial charge in [-0.25, -0.2) is 0 Å². The first-order valence-corrected chi connectivity index (χ1v) is 4.30. The van der Waals surface area contributed by atoms with Crippen molar-refractivity contribution in [3.05, 3.63) is 12.7 Å². The molecular formula is C11H24O. The van der Waals surface area contributed by atoms with Crippen molar-refractivity contribution in [3.8, 4) is 0 Å². The fourth-order valence-corrected chi connectivity index (χ4v) is 0.974. The Kier molecular flexibility index (Phi) is 7.41. The van der Waals surface area contributed by atoms with Crippen LogP contribution in [-0.4, -0.2) is 10.7 Å². The van der Waals surface area contributed by atoms with E-state index in [0.29, 0.717) is 5.92 Å². The van der Waals surface area contributed by atoms with Gasteiger partial charge < -0.3 is 5.11 Å². The molecule has 1 N–H and O–H groups in total. The lowest BCUT2D eigenvalue weighted by Crippen LogP contribution is -2.18. The van der Waals surface area contributed by atoms with E-state index in [4.69, 9.17) is 0 Å². The van der Waals surface area contributed by atoms with Gasteiger partial charge in [0.1, 0.15) is 0 Å².